The van der Waals surface area contributed by atoms with E-state index >= 15 is 0 Å². The molecule has 0 amide bonds. The molecular weight excluding hydrogens is 286 g/mol. The maximum Gasteiger partial charge on any atom is 0.159 e. The van der Waals surface area contributed by atoms with Gasteiger partial charge in [0, 0.05) is 6.42 Å². The summed E-state index contributed by atoms with van der Waals surface area (Å²) in [4.78, 5) is 0. The van der Waals surface area contributed by atoms with Crippen LogP contribution in [0.4, 0.5) is 8.78 Å². The molecule has 2 aromatic rings. The molecule has 0 spiro atoms. The lowest BCUT2D eigenvalue weighted by Gasteiger charge is -2.23. The minimum Gasteiger partial charge on any atom is -0.353 e. The predicted molar refractivity (Wildman–Crippen MR) is 80.4 cm³/mol. The van der Waals surface area contributed by atoms with Crippen molar-refractivity contribution in [2.24, 2.45) is 0 Å². The first-order valence-electron chi connectivity index (χ1n) is 7.50. The number of halogens is 2. The molecule has 0 N–H and O–H groups in total. The number of ether oxygens (including phenoxy) is 2. The molecule has 0 radical (unpaired) electrons. The van der Waals surface area contributed by atoms with Crippen LogP contribution in [0.3, 0.4) is 0 Å². The van der Waals surface area contributed by atoms with Crippen molar-refractivity contribution in [1.29, 1.82) is 0 Å². The van der Waals surface area contributed by atoms with Crippen molar-refractivity contribution in [3.8, 4) is 11.1 Å². The minimum atomic E-state index is -0.826. The smallest absolute Gasteiger partial charge is 0.159 e. The van der Waals surface area contributed by atoms with Gasteiger partial charge in [0.15, 0.2) is 17.9 Å². The second-order valence-corrected chi connectivity index (χ2v) is 5.39. The fraction of sp³-hybridized carbons (Fsp3) is 0.333. The lowest BCUT2D eigenvalue weighted by atomic mass is 10.0. The van der Waals surface area contributed by atoms with Crippen molar-refractivity contribution in [1.82, 2.24) is 0 Å². The van der Waals surface area contributed by atoms with Crippen LogP contribution in [0.1, 0.15) is 18.4 Å². The molecule has 1 aliphatic rings. The summed E-state index contributed by atoms with van der Waals surface area (Å²) in [5, 5.41) is 0. The normalized spacial score (nSPS) is 15.9. The Bertz CT molecular complexity index is 619. The van der Waals surface area contributed by atoms with Crippen LogP contribution in [0, 0.1) is 11.6 Å². The van der Waals surface area contributed by atoms with Crippen molar-refractivity contribution in [3.05, 3.63) is 59.7 Å². The summed E-state index contributed by atoms with van der Waals surface area (Å²) in [6.45, 7) is 1.53. The van der Waals surface area contributed by atoms with Gasteiger partial charge in [0.1, 0.15) is 0 Å². The molecule has 0 saturated carbocycles. The van der Waals surface area contributed by atoms with Crippen LogP contribution in [0.15, 0.2) is 42.5 Å². The number of rotatable bonds is 4. The molecule has 116 valence electrons. The molecule has 0 unspecified atom stereocenters. The Kier molecular flexibility index (Phi) is 4.80. The third kappa shape index (κ3) is 3.70. The first-order valence-corrected chi connectivity index (χ1v) is 7.50. The van der Waals surface area contributed by atoms with E-state index < -0.39 is 11.6 Å². The lowest BCUT2D eigenvalue weighted by molar-refractivity contribution is -0.180. The van der Waals surface area contributed by atoms with Gasteiger partial charge >= 0.3 is 0 Å². The van der Waals surface area contributed by atoms with Gasteiger partial charge in [0.05, 0.1) is 13.2 Å². The first kappa shape index (κ1) is 15.1. The van der Waals surface area contributed by atoms with Gasteiger partial charge < -0.3 is 9.47 Å². The summed E-state index contributed by atoms with van der Waals surface area (Å²) in [6, 6.07) is 11.8. The zero-order valence-electron chi connectivity index (χ0n) is 12.2. The van der Waals surface area contributed by atoms with Crippen LogP contribution in [-0.4, -0.2) is 19.5 Å². The minimum absolute atomic E-state index is 0.111. The summed E-state index contributed by atoms with van der Waals surface area (Å²) >= 11 is 0. The Balaban J connectivity index is 1.63. The lowest BCUT2D eigenvalue weighted by Crippen LogP contribution is -2.25. The van der Waals surface area contributed by atoms with Gasteiger partial charge in [0.2, 0.25) is 0 Å². The molecule has 0 atom stereocenters. The van der Waals surface area contributed by atoms with Crippen molar-refractivity contribution >= 4 is 0 Å². The van der Waals surface area contributed by atoms with E-state index in [1.54, 1.807) is 6.07 Å². The highest BCUT2D eigenvalue weighted by atomic mass is 19.2. The summed E-state index contributed by atoms with van der Waals surface area (Å²) in [5.41, 5.74) is 2.71. The van der Waals surface area contributed by atoms with Crippen LogP contribution >= 0.6 is 0 Å². The van der Waals surface area contributed by atoms with E-state index in [9.17, 15) is 8.78 Å². The summed E-state index contributed by atoms with van der Waals surface area (Å²) in [7, 11) is 0. The van der Waals surface area contributed by atoms with E-state index in [4.69, 9.17) is 9.47 Å². The molecule has 4 heteroatoms. The molecule has 3 rings (SSSR count). The molecule has 1 saturated heterocycles. The van der Waals surface area contributed by atoms with Crippen LogP contribution in [0.5, 0.6) is 0 Å². The average molecular weight is 304 g/mol. The standard InChI is InChI=1S/C18H18F2O2/c19-16-8-7-15(12-17(16)20)14-5-2-13(3-6-14)4-9-18-21-10-1-11-22-18/h2-3,5-8,12,18H,1,4,9-11H2. The topological polar surface area (TPSA) is 18.5 Å². The molecule has 22 heavy (non-hydrogen) atoms. The highest BCUT2D eigenvalue weighted by molar-refractivity contribution is 5.63. The SMILES string of the molecule is Fc1ccc(-c2ccc(CCC3OCCCO3)cc2)cc1F. The molecule has 0 bridgehead atoms. The summed E-state index contributed by atoms with van der Waals surface area (Å²) in [6.07, 6.45) is 2.53. The summed E-state index contributed by atoms with van der Waals surface area (Å²) in [5.74, 6) is -1.65. The maximum absolute atomic E-state index is 13.3. The van der Waals surface area contributed by atoms with Gasteiger partial charge in [-0.05, 0) is 41.7 Å². The fourth-order valence-electron chi connectivity index (χ4n) is 2.53. The molecule has 0 aromatic heterocycles. The monoisotopic (exact) mass is 304 g/mol. The van der Waals surface area contributed by atoms with E-state index in [0.717, 1.165) is 44.1 Å². The first-order chi connectivity index (χ1) is 10.7. The largest absolute Gasteiger partial charge is 0.353 e. The summed E-state index contributed by atoms with van der Waals surface area (Å²) < 4.78 is 37.3. The Hall–Kier alpha value is -1.78. The average Bonchev–Trinajstić information content (AvgIpc) is 2.57. The van der Waals surface area contributed by atoms with Crippen LogP contribution in [0.25, 0.3) is 11.1 Å². The molecule has 1 heterocycles. The van der Waals surface area contributed by atoms with Crippen LogP contribution in [-0.2, 0) is 15.9 Å². The van der Waals surface area contributed by atoms with Crippen LogP contribution in [0.2, 0.25) is 0 Å². The number of hydrogen-bond acceptors (Lipinski definition) is 2. The second kappa shape index (κ2) is 6.99. The highest BCUT2D eigenvalue weighted by Gasteiger charge is 2.13. The van der Waals surface area contributed by atoms with Gasteiger partial charge in [-0.2, -0.15) is 0 Å². The Morgan fingerprint density at radius 2 is 1.55 bits per heavy atom. The van der Waals surface area contributed by atoms with Crippen molar-refractivity contribution in [2.75, 3.05) is 13.2 Å². The quantitative estimate of drug-likeness (QED) is 0.837. The molecule has 1 aliphatic heterocycles. The fourth-order valence-corrected chi connectivity index (χ4v) is 2.53. The van der Waals surface area contributed by atoms with E-state index in [1.165, 1.54) is 11.6 Å². The van der Waals surface area contributed by atoms with E-state index in [1.807, 2.05) is 24.3 Å². The highest BCUT2D eigenvalue weighted by Crippen LogP contribution is 2.22. The second-order valence-electron chi connectivity index (χ2n) is 5.39. The Labute approximate surface area is 128 Å². The van der Waals surface area contributed by atoms with Crippen molar-refractivity contribution in [2.45, 2.75) is 25.6 Å². The third-order valence-corrected chi connectivity index (χ3v) is 3.77. The van der Waals surface area contributed by atoms with E-state index in [0.29, 0.717) is 5.56 Å². The van der Waals surface area contributed by atoms with Gasteiger partial charge in [-0.15, -0.1) is 0 Å². The van der Waals surface area contributed by atoms with Gasteiger partial charge in [-0.3, -0.25) is 0 Å². The van der Waals surface area contributed by atoms with Gasteiger partial charge in [0.25, 0.3) is 0 Å². The third-order valence-electron chi connectivity index (χ3n) is 3.77. The van der Waals surface area contributed by atoms with E-state index in [2.05, 4.69) is 0 Å². The number of aryl methyl sites for hydroxylation is 1. The van der Waals surface area contributed by atoms with Crippen LogP contribution < -0.4 is 0 Å². The number of benzene rings is 2. The van der Waals surface area contributed by atoms with Crippen molar-refractivity contribution < 1.29 is 18.3 Å². The molecule has 2 nitrogen and oxygen atoms in total. The molecule has 2 aromatic carbocycles. The molecular formula is C18H18F2O2. The predicted octanol–water partition coefficient (Wildman–Crippen LogP) is 4.33. The van der Waals surface area contributed by atoms with Crippen molar-refractivity contribution in [3.63, 3.8) is 0 Å². The zero-order chi connectivity index (χ0) is 15.4. The van der Waals surface area contributed by atoms with Gasteiger partial charge in [-0.1, -0.05) is 30.3 Å². The molecule has 0 aliphatic carbocycles. The zero-order valence-corrected chi connectivity index (χ0v) is 12.2. The Morgan fingerprint density at radius 1 is 0.864 bits per heavy atom. The number of hydrogen-bond donors (Lipinski definition) is 0. The van der Waals surface area contributed by atoms with Gasteiger partial charge in [-0.25, -0.2) is 8.78 Å². The Morgan fingerprint density at radius 3 is 2.23 bits per heavy atom. The maximum atomic E-state index is 13.3. The molecule has 1 fully saturated rings. The van der Waals surface area contributed by atoms with E-state index in [-0.39, 0.29) is 6.29 Å².